The van der Waals surface area contributed by atoms with E-state index in [1.54, 1.807) is 18.0 Å². The predicted octanol–water partition coefficient (Wildman–Crippen LogP) is 3.91. The van der Waals surface area contributed by atoms with E-state index < -0.39 is 29.8 Å². The van der Waals surface area contributed by atoms with Crippen LogP contribution in [0.4, 0.5) is 33.6 Å². The smallest absolute Gasteiger partial charge is 0.394 e. The quantitative estimate of drug-likeness (QED) is 0.337. The van der Waals surface area contributed by atoms with Crippen molar-refractivity contribution in [2.24, 2.45) is 5.92 Å². The Morgan fingerprint density at radius 3 is 2.52 bits per heavy atom. The van der Waals surface area contributed by atoms with Gasteiger partial charge in [-0.2, -0.15) is 23.1 Å². The van der Waals surface area contributed by atoms with E-state index in [0.717, 1.165) is 12.8 Å². The van der Waals surface area contributed by atoms with Crippen molar-refractivity contribution < 1.29 is 26.7 Å². The minimum absolute atomic E-state index is 0.0492. The third kappa shape index (κ3) is 4.53. The lowest BCUT2D eigenvalue weighted by Crippen LogP contribution is -2.61. The summed E-state index contributed by atoms with van der Waals surface area (Å²) in [7, 11) is 1.58. The van der Waals surface area contributed by atoms with Crippen molar-refractivity contribution in [3.63, 3.8) is 0 Å². The molecule has 2 bridgehead atoms. The molecule has 3 aliphatic rings. The van der Waals surface area contributed by atoms with Gasteiger partial charge in [0.15, 0.2) is 5.82 Å². The number of likely N-dealkylation sites (N-methyl/N-ethyl adjacent to an activating group) is 1. The SMILES string of the molecule is CN1C[C@@H](C(F)(F)F)[C@H]1COc1nc(N2CC3CCC(C2)N3)c2cnc(-c3nc(N)cc4cccc(F)c34)c(F)c2n1. The highest BCUT2D eigenvalue weighted by atomic mass is 19.4. The number of nitrogen functional groups attached to an aromatic ring is 1. The Morgan fingerprint density at radius 2 is 1.81 bits per heavy atom. The first-order valence-corrected chi connectivity index (χ1v) is 13.7. The number of hydrogen-bond donors (Lipinski definition) is 2. The molecular weight excluding hydrogens is 559 g/mol. The minimum atomic E-state index is -4.37. The molecule has 0 radical (unpaired) electrons. The van der Waals surface area contributed by atoms with E-state index in [0.29, 0.717) is 29.7 Å². The minimum Gasteiger partial charge on any atom is -0.462 e. The van der Waals surface area contributed by atoms with Crippen LogP contribution in [0.1, 0.15) is 12.8 Å². The first-order valence-electron chi connectivity index (χ1n) is 13.7. The van der Waals surface area contributed by atoms with E-state index in [2.05, 4.69) is 25.3 Å². The molecule has 14 heteroatoms. The van der Waals surface area contributed by atoms with Gasteiger partial charge < -0.3 is 20.7 Å². The summed E-state index contributed by atoms with van der Waals surface area (Å²) in [6.07, 6.45) is -0.993. The second-order valence-electron chi connectivity index (χ2n) is 11.3. The summed E-state index contributed by atoms with van der Waals surface area (Å²) >= 11 is 0. The Kier molecular flexibility index (Phi) is 6.31. The van der Waals surface area contributed by atoms with Crippen molar-refractivity contribution in [2.45, 2.75) is 37.1 Å². The Balaban J connectivity index is 1.34. The van der Waals surface area contributed by atoms with E-state index >= 15 is 4.39 Å². The number of pyridine rings is 2. The zero-order valence-corrected chi connectivity index (χ0v) is 22.5. The normalized spacial score (nSPS) is 24.4. The highest BCUT2D eigenvalue weighted by Crippen LogP contribution is 2.39. The summed E-state index contributed by atoms with van der Waals surface area (Å²) < 4.78 is 77.4. The summed E-state index contributed by atoms with van der Waals surface area (Å²) in [5, 5.41) is 4.30. The monoisotopic (exact) mass is 586 g/mol. The second-order valence-corrected chi connectivity index (χ2v) is 11.3. The van der Waals surface area contributed by atoms with Gasteiger partial charge in [0.25, 0.3) is 0 Å². The fourth-order valence-electron chi connectivity index (χ4n) is 6.38. The molecule has 0 aliphatic carbocycles. The maximum absolute atomic E-state index is 16.4. The molecule has 4 atom stereocenters. The molecule has 6 heterocycles. The van der Waals surface area contributed by atoms with Crippen LogP contribution in [0.25, 0.3) is 33.1 Å². The van der Waals surface area contributed by atoms with Crippen LogP contribution in [0.3, 0.4) is 0 Å². The van der Waals surface area contributed by atoms with Crippen LogP contribution >= 0.6 is 0 Å². The molecule has 0 amide bonds. The number of likely N-dealkylation sites (tertiary alicyclic amines) is 1. The van der Waals surface area contributed by atoms with Crippen molar-refractivity contribution in [3.8, 4) is 17.4 Å². The Hall–Kier alpha value is -3.91. The number of hydrogen-bond acceptors (Lipinski definition) is 9. The van der Waals surface area contributed by atoms with E-state index in [1.807, 2.05) is 4.90 Å². The molecule has 9 nitrogen and oxygen atoms in total. The van der Waals surface area contributed by atoms with Gasteiger partial charge in [-0.3, -0.25) is 9.88 Å². The first kappa shape index (κ1) is 27.0. The van der Waals surface area contributed by atoms with Gasteiger partial charge >= 0.3 is 12.2 Å². The average molecular weight is 587 g/mol. The lowest BCUT2D eigenvalue weighted by atomic mass is 9.89. The number of nitrogens with two attached hydrogens (primary N) is 1. The molecule has 0 saturated carbocycles. The number of piperazine rings is 1. The number of nitrogens with one attached hydrogen (secondary N) is 1. The van der Waals surface area contributed by atoms with Crippen molar-refractivity contribution >= 4 is 33.3 Å². The predicted molar refractivity (Wildman–Crippen MR) is 146 cm³/mol. The number of ether oxygens (including phenoxy) is 1. The lowest BCUT2D eigenvalue weighted by Gasteiger charge is -2.46. The van der Waals surface area contributed by atoms with E-state index in [-0.39, 0.29) is 59.4 Å². The highest BCUT2D eigenvalue weighted by Gasteiger charge is 2.53. The van der Waals surface area contributed by atoms with Crippen LogP contribution in [0.2, 0.25) is 0 Å². The number of rotatable bonds is 5. The second kappa shape index (κ2) is 9.83. The van der Waals surface area contributed by atoms with Crippen LogP contribution in [0.15, 0.2) is 30.5 Å². The Bertz CT molecular complexity index is 1690. The van der Waals surface area contributed by atoms with Crippen molar-refractivity contribution in [1.82, 2.24) is 30.2 Å². The lowest BCUT2D eigenvalue weighted by molar-refractivity contribution is -0.230. The summed E-state index contributed by atoms with van der Waals surface area (Å²) in [5.74, 6) is -2.63. The largest absolute Gasteiger partial charge is 0.462 e. The van der Waals surface area contributed by atoms with Crippen LogP contribution < -0.4 is 20.7 Å². The van der Waals surface area contributed by atoms with Crippen LogP contribution in [0.5, 0.6) is 6.01 Å². The van der Waals surface area contributed by atoms with E-state index in [4.69, 9.17) is 10.5 Å². The van der Waals surface area contributed by atoms with Crippen LogP contribution in [-0.2, 0) is 0 Å². The molecule has 2 unspecified atom stereocenters. The number of halogens is 5. The van der Waals surface area contributed by atoms with Gasteiger partial charge in [0.2, 0.25) is 0 Å². The molecule has 3 aromatic heterocycles. The Labute approximate surface area is 236 Å². The summed E-state index contributed by atoms with van der Waals surface area (Å²) in [5.41, 5.74) is 5.45. The van der Waals surface area contributed by atoms with Gasteiger partial charge in [0, 0.05) is 43.3 Å². The standard InChI is InChI=1S/C28H27F5N8O/c1-40-11-17(28(31,32)33)19(40)12-42-27-38-23-16(26(39-27)41-9-14-5-6-15(10-41)36-14)8-35-25(22(23)30)24-21-13(7-20(34)37-24)3-2-4-18(21)29/h2-4,7-8,14-15,17,19,36H,5-6,9-12H2,1H3,(H2,34,37)/t14?,15?,17-,19-/m1/s1. The molecule has 42 heavy (non-hydrogen) atoms. The molecule has 0 spiro atoms. The average Bonchev–Trinajstić information content (AvgIpc) is 3.27. The molecule has 3 fully saturated rings. The number of benzene rings is 1. The van der Waals surface area contributed by atoms with Gasteiger partial charge in [-0.05, 0) is 37.4 Å². The molecule has 3 aliphatic heterocycles. The van der Waals surface area contributed by atoms with Gasteiger partial charge in [-0.15, -0.1) is 0 Å². The molecule has 3 N–H and O–H groups in total. The third-order valence-corrected chi connectivity index (χ3v) is 8.53. The number of anilines is 2. The fraction of sp³-hybridized carbons (Fsp3) is 0.429. The maximum atomic E-state index is 16.4. The highest BCUT2D eigenvalue weighted by molar-refractivity contribution is 5.98. The third-order valence-electron chi connectivity index (χ3n) is 8.53. The first-order chi connectivity index (χ1) is 20.1. The molecule has 7 rings (SSSR count). The number of alkyl halides is 3. The van der Waals surface area contributed by atoms with Crippen molar-refractivity contribution in [1.29, 1.82) is 0 Å². The number of nitrogens with zero attached hydrogens (tertiary/aromatic N) is 6. The Morgan fingerprint density at radius 1 is 1.05 bits per heavy atom. The van der Waals surface area contributed by atoms with Crippen LogP contribution in [0, 0.1) is 17.6 Å². The topological polar surface area (TPSA) is 105 Å². The van der Waals surface area contributed by atoms with Gasteiger partial charge in [0.05, 0.1) is 17.3 Å². The molecular formula is C28H27F5N8O. The van der Waals surface area contributed by atoms with Crippen molar-refractivity contribution in [3.05, 3.63) is 42.1 Å². The van der Waals surface area contributed by atoms with Gasteiger partial charge in [0.1, 0.15) is 41.0 Å². The summed E-state index contributed by atoms with van der Waals surface area (Å²) in [6, 6.07) is 5.13. The molecule has 1 aromatic carbocycles. The van der Waals surface area contributed by atoms with Gasteiger partial charge in [-0.25, -0.2) is 13.8 Å². The fourth-order valence-corrected chi connectivity index (χ4v) is 6.38. The maximum Gasteiger partial charge on any atom is 0.394 e. The zero-order chi connectivity index (χ0) is 29.3. The van der Waals surface area contributed by atoms with Crippen molar-refractivity contribution in [2.75, 3.05) is 43.9 Å². The van der Waals surface area contributed by atoms with Crippen LogP contribution in [-0.4, -0.2) is 82.4 Å². The zero-order valence-electron chi connectivity index (χ0n) is 22.5. The summed E-state index contributed by atoms with van der Waals surface area (Å²) in [4.78, 5) is 20.9. The van der Waals surface area contributed by atoms with E-state index in [1.165, 1.54) is 24.4 Å². The molecule has 220 valence electrons. The van der Waals surface area contributed by atoms with Gasteiger partial charge in [-0.1, -0.05) is 12.1 Å². The summed E-state index contributed by atoms with van der Waals surface area (Å²) in [6.45, 7) is 0.732. The number of fused-ring (bicyclic) bond motifs is 4. The van der Waals surface area contributed by atoms with E-state index in [9.17, 15) is 17.6 Å². The number of aromatic nitrogens is 4. The molecule has 3 saturated heterocycles. The molecule has 4 aromatic rings.